The van der Waals surface area contributed by atoms with Gasteiger partial charge in [-0.25, -0.2) is 0 Å². The van der Waals surface area contributed by atoms with Gasteiger partial charge in [0.05, 0.1) is 18.8 Å². The number of piperidine rings is 1. The average molecular weight is 493 g/mol. The Labute approximate surface area is 207 Å². The maximum atomic E-state index is 13.0. The monoisotopic (exact) mass is 492 g/mol. The summed E-state index contributed by atoms with van der Waals surface area (Å²) in [6, 6.07) is 14.8. The van der Waals surface area contributed by atoms with Gasteiger partial charge in [-0.1, -0.05) is 75.8 Å². The Morgan fingerprint density at radius 1 is 0.971 bits per heavy atom. The van der Waals surface area contributed by atoms with E-state index in [0.29, 0.717) is 11.4 Å². The maximum Gasteiger partial charge on any atom is 0.573 e. The first-order chi connectivity index (χ1) is 16.9. The zero-order valence-corrected chi connectivity index (χ0v) is 20.9. The van der Waals surface area contributed by atoms with Gasteiger partial charge in [-0.15, -0.1) is 13.2 Å². The summed E-state index contributed by atoms with van der Waals surface area (Å²) in [6.45, 7) is 3.87. The number of ether oxygens (including phenoxy) is 2. The quantitative estimate of drug-likeness (QED) is 0.291. The third-order valence-electron chi connectivity index (χ3n) is 6.68. The lowest BCUT2D eigenvalue weighted by atomic mass is 9.90. The molecular formula is C28H39F3N2O2. The predicted octanol–water partition coefficient (Wildman–Crippen LogP) is 7.64. The molecule has 4 nitrogen and oxygen atoms in total. The molecule has 0 spiro atoms. The minimum absolute atomic E-state index is 0.0754. The zero-order chi connectivity index (χ0) is 25.1. The van der Waals surface area contributed by atoms with Gasteiger partial charge in [-0.3, -0.25) is 0 Å². The van der Waals surface area contributed by atoms with Crippen LogP contribution in [0, 0.1) is 0 Å². The van der Waals surface area contributed by atoms with Crippen LogP contribution in [0.25, 0.3) is 0 Å². The van der Waals surface area contributed by atoms with Crippen molar-refractivity contribution in [2.24, 2.45) is 0 Å². The molecular weight excluding hydrogens is 453 g/mol. The topological polar surface area (TPSA) is 33.7 Å². The highest BCUT2D eigenvalue weighted by Gasteiger charge is 2.34. The molecule has 1 heterocycles. The number of benzene rings is 2. The molecule has 1 aliphatic rings. The number of alkyl halides is 3. The molecule has 0 saturated carbocycles. The summed E-state index contributed by atoms with van der Waals surface area (Å²) in [5.74, 6) is 0.331. The largest absolute Gasteiger partial charge is 0.573 e. The number of hydrogen-bond acceptors (Lipinski definition) is 4. The number of halogens is 3. The first-order valence-corrected chi connectivity index (χ1v) is 12.9. The van der Waals surface area contributed by atoms with E-state index < -0.39 is 6.36 Å². The van der Waals surface area contributed by atoms with Gasteiger partial charge in [0.15, 0.2) is 0 Å². The molecule has 0 radical (unpaired) electrons. The normalized spacial score (nSPS) is 18.3. The van der Waals surface area contributed by atoms with Crippen LogP contribution in [0.2, 0.25) is 0 Å². The second-order valence-electron chi connectivity index (χ2n) is 9.25. The van der Waals surface area contributed by atoms with E-state index in [-0.39, 0.29) is 17.8 Å². The number of methoxy groups -OCH3 is 1. The van der Waals surface area contributed by atoms with E-state index in [1.807, 2.05) is 18.2 Å². The summed E-state index contributed by atoms with van der Waals surface area (Å²) in [5, 5.41) is 3.66. The van der Waals surface area contributed by atoms with E-state index in [1.165, 1.54) is 49.8 Å². The molecule has 2 aromatic carbocycles. The van der Waals surface area contributed by atoms with E-state index in [1.54, 1.807) is 13.2 Å². The van der Waals surface area contributed by atoms with Crippen molar-refractivity contribution in [2.45, 2.75) is 83.2 Å². The molecule has 7 heteroatoms. The third kappa shape index (κ3) is 8.34. The SMILES string of the molecule is CCCCCCCCCN(c1cc(OC(F)(F)F)ccc1OC)[C@H]1CCCN[C@H]1c1ccccc1. The van der Waals surface area contributed by atoms with Gasteiger partial charge in [-0.2, -0.15) is 0 Å². The lowest BCUT2D eigenvalue weighted by molar-refractivity contribution is -0.274. The Hall–Kier alpha value is -2.41. The maximum absolute atomic E-state index is 13.0. The summed E-state index contributed by atoms with van der Waals surface area (Å²) in [6.07, 6.45) is 5.41. The highest BCUT2D eigenvalue weighted by molar-refractivity contribution is 5.63. The van der Waals surface area contributed by atoms with Crippen molar-refractivity contribution in [3.63, 3.8) is 0 Å². The number of nitrogens with zero attached hydrogens (tertiary/aromatic N) is 1. The Bertz CT molecular complexity index is 876. The minimum atomic E-state index is -4.74. The molecule has 0 bridgehead atoms. The second-order valence-corrected chi connectivity index (χ2v) is 9.25. The fourth-order valence-corrected chi connectivity index (χ4v) is 5.00. The highest BCUT2D eigenvalue weighted by atomic mass is 19.4. The van der Waals surface area contributed by atoms with E-state index in [0.717, 1.165) is 38.8 Å². The van der Waals surface area contributed by atoms with E-state index in [2.05, 4.69) is 34.0 Å². The fourth-order valence-electron chi connectivity index (χ4n) is 5.00. The first-order valence-electron chi connectivity index (χ1n) is 12.9. The smallest absolute Gasteiger partial charge is 0.495 e. The molecule has 35 heavy (non-hydrogen) atoms. The summed E-state index contributed by atoms with van der Waals surface area (Å²) >= 11 is 0. The number of hydrogen-bond donors (Lipinski definition) is 1. The predicted molar refractivity (Wildman–Crippen MR) is 135 cm³/mol. The van der Waals surface area contributed by atoms with Gasteiger partial charge in [0.1, 0.15) is 11.5 Å². The molecule has 0 unspecified atom stereocenters. The molecule has 0 aromatic heterocycles. The van der Waals surface area contributed by atoms with Gasteiger partial charge >= 0.3 is 6.36 Å². The number of rotatable bonds is 13. The number of anilines is 1. The summed E-state index contributed by atoms with van der Waals surface area (Å²) in [7, 11) is 1.56. The molecule has 3 rings (SSSR count). The molecule has 1 aliphatic heterocycles. The van der Waals surface area contributed by atoms with Crippen molar-refractivity contribution in [1.29, 1.82) is 0 Å². The molecule has 0 aliphatic carbocycles. The van der Waals surface area contributed by atoms with E-state index in [9.17, 15) is 13.2 Å². The van der Waals surface area contributed by atoms with Crippen molar-refractivity contribution in [2.75, 3.05) is 25.1 Å². The molecule has 2 aromatic rings. The standard InChI is InChI=1S/C28H39F3N2O2/c1-3-4-5-6-7-8-12-20-33(24-16-13-19-32-27(24)22-14-10-9-11-15-22)25-21-23(35-28(29,30)31)17-18-26(25)34-2/h9-11,14-15,17-18,21,24,27,32H,3-8,12-13,16,19-20H2,1-2H3/t24-,27-/m0/s1. The molecule has 1 N–H and O–H groups in total. The lowest BCUT2D eigenvalue weighted by Gasteiger charge is -2.42. The number of nitrogens with one attached hydrogen (secondary N) is 1. The van der Waals surface area contributed by atoms with Crippen molar-refractivity contribution < 1.29 is 22.6 Å². The van der Waals surface area contributed by atoms with Gasteiger partial charge in [0.2, 0.25) is 0 Å². The van der Waals surface area contributed by atoms with Crippen LogP contribution in [-0.2, 0) is 0 Å². The minimum Gasteiger partial charge on any atom is -0.495 e. The fraction of sp³-hybridized carbons (Fsp3) is 0.571. The van der Waals surface area contributed by atoms with Crippen LogP contribution in [0.4, 0.5) is 18.9 Å². The molecule has 0 amide bonds. The molecule has 194 valence electrons. The second kappa shape index (κ2) is 13.6. The van der Waals surface area contributed by atoms with Crippen molar-refractivity contribution >= 4 is 5.69 Å². The highest BCUT2D eigenvalue weighted by Crippen LogP contribution is 2.39. The van der Waals surface area contributed by atoms with Gasteiger partial charge < -0.3 is 19.7 Å². The van der Waals surface area contributed by atoms with E-state index >= 15 is 0 Å². The Morgan fingerprint density at radius 3 is 2.37 bits per heavy atom. The number of unbranched alkanes of at least 4 members (excludes halogenated alkanes) is 6. The van der Waals surface area contributed by atoms with Crippen LogP contribution in [0.1, 0.15) is 76.3 Å². The Morgan fingerprint density at radius 2 is 1.69 bits per heavy atom. The third-order valence-corrected chi connectivity index (χ3v) is 6.68. The Balaban J connectivity index is 1.88. The van der Waals surface area contributed by atoms with Crippen molar-refractivity contribution in [1.82, 2.24) is 5.32 Å². The molecule has 1 fully saturated rings. The molecule has 1 saturated heterocycles. The first kappa shape index (κ1) is 27.2. The van der Waals surface area contributed by atoms with Gasteiger partial charge in [-0.05, 0) is 43.5 Å². The zero-order valence-electron chi connectivity index (χ0n) is 20.9. The van der Waals surface area contributed by atoms with Crippen LogP contribution in [0.15, 0.2) is 48.5 Å². The van der Waals surface area contributed by atoms with Crippen LogP contribution in [-0.4, -0.2) is 32.6 Å². The van der Waals surface area contributed by atoms with Crippen molar-refractivity contribution in [3.05, 3.63) is 54.1 Å². The summed E-state index contributed by atoms with van der Waals surface area (Å²) in [4.78, 5) is 2.25. The van der Waals surface area contributed by atoms with Crippen molar-refractivity contribution in [3.8, 4) is 11.5 Å². The van der Waals surface area contributed by atoms with Gasteiger partial charge in [0, 0.05) is 18.7 Å². The summed E-state index contributed by atoms with van der Waals surface area (Å²) < 4.78 is 48.9. The summed E-state index contributed by atoms with van der Waals surface area (Å²) in [5.41, 5.74) is 1.83. The average Bonchev–Trinajstić information content (AvgIpc) is 2.85. The van der Waals surface area contributed by atoms with Crippen LogP contribution in [0.3, 0.4) is 0 Å². The van der Waals surface area contributed by atoms with Crippen LogP contribution in [0.5, 0.6) is 11.5 Å². The van der Waals surface area contributed by atoms with E-state index in [4.69, 9.17) is 4.74 Å². The van der Waals surface area contributed by atoms with Crippen LogP contribution >= 0.6 is 0 Å². The van der Waals surface area contributed by atoms with Gasteiger partial charge in [0.25, 0.3) is 0 Å². The molecule has 2 atom stereocenters. The lowest BCUT2D eigenvalue weighted by Crippen LogP contribution is -2.49. The Kier molecular flexibility index (Phi) is 10.6. The van der Waals surface area contributed by atoms with Crippen LogP contribution < -0.4 is 19.7 Å².